The third kappa shape index (κ3) is 2.85. The summed E-state index contributed by atoms with van der Waals surface area (Å²) in [4.78, 5) is 15.8. The van der Waals surface area contributed by atoms with Crippen LogP contribution in [-0.4, -0.2) is 18.1 Å². The number of carbonyl (C=O) groups excluding carboxylic acids is 1. The van der Waals surface area contributed by atoms with Crippen molar-refractivity contribution in [3.63, 3.8) is 0 Å². The van der Waals surface area contributed by atoms with Crippen LogP contribution in [0.5, 0.6) is 0 Å². The van der Waals surface area contributed by atoms with Crippen molar-refractivity contribution in [1.82, 2.24) is 4.98 Å². The Hall–Kier alpha value is -2.50. The number of furan rings is 1. The van der Waals surface area contributed by atoms with E-state index in [1.54, 1.807) is 12.3 Å². The first-order valence-corrected chi connectivity index (χ1v) is 5.75. The van der Waals surface area contributed by atoms with E-state index in [0.29, 0.717) is 17.1 Å². The summed E-state index contributed by atoms with van der Waals surface area (Å²) in [6.07, 6.45) is 3.06. The zero-order valence-electron chi connectivity index (χ0n) is 10.7. The molecule has 2 aromatic heterocycles. The molecule has 0 aliphatic carbocycles. The second kappa shape index (κ2) is 5.43. The fourth-order valence-electron chi connectivity index (χ4n) is 1.68. The largest absolute Gasteiger partial charge is 0.467 e. The smallest absolute Gasteiger partial charge is 0.341 e. The van der Waals surface area contributed by atoms with Crippen LogP contribution < -0.4 is 11.1 Å². The first kappa shape index (κ1) is 12.9. The Kier molecular flexibility index (Phi) is 3.70. The molecule has 0 radical (unpaired) electrons. The monoisotopic (exact) mass is 261 g/mol. The lowest BCUT2D eigenvalue weighted by molar-refractivity contribution is 0.0601. The minimum atomic E-state index is -0.492. The molecule has 3 N–H and O–H groups in total. The van der Waals surface area contributed by atoms with Gasteiger partial charge in [-0.1, -0.05) is 0 Å². The van der Waals surface area contributed by atoms with Crippen LogP contribution >= 0.6 is 0 Å². The van der Waals surface area contributed by atoms with Crippen LogP contribution in [0.4, 0.5) is 11.5 Å². The van der Waals surface area contributed by atoms with Gasteiger partial charge in [0.15, 0.2) is 0 Å². The first-order valence-electron chi connectivity index (χ1n) is 5.75. The van der Waals surface area contributed by atoms with Crippen LogP contribution in [0.3, 0.4) is 0 Å². The highest BCUT2D eigenvalue weighted by Gasteiger charge is 2.17. The SMILES string of the molecule is COC(=O)c1cc(N)cnc1NC(C)c1ccco1. The number of nitrogens with zero attached hydrogens (tertiary/aromatic N) is 1. The van der Waals surface area contributed by atoms with Gasteiger partial charge in [0.05, 0.1) is 31.3 Å². The minimum absolute atomic E-state index is 0.130. The summed E-state index contributed by atoms with van der Waals surface area (Å²) in [5, 5.41) is 3.09. The van der Waals surface area contributed by atoms with Crippen LogP contribution in [0.2, 0.25) is 0 Å². The Labute approximate surface area is 110 Å². The number of nitrogens with one attached hydrogen (secondary N) is 1. The Bertz CT molecular complexity index is 567. The summed E-state index contributed by atoms with van der Waals surface area (Å²) in [5.74, 6) is 0.660. The molecule has 0 aromatic carbocycles. The van der Waals surface area contributed by atoms with Gasteiger partial charge in [0, 0.05) is 0 Å². The second-order valence-electron chi connectivity index (χ2n) is 4.04. The Morgan fingerprint density at radius 3 is 3.00 bits per heavy atom. The normalized spacial score (nSPS) is 11.9. The molecule has 1 atom stereocenters. The zero-order chi connectivity index (χ0) is 13.8. The lowest BCUT2D eigenvalue weighted by atomic mass is 10.2. The van der Waals surface area contributed by atoms with Crippen LogP contribution in [0.15, 0.2) is 35.1 Å². The summed E-state index contributed by atoms with van der Waals surface area (Å²) in [5.41, 5.74) is 6.32. The van der Waals surface area contributed by atoms with Crippen molar-refractivity contribution < 1.29 is 13.9 Å². The van der Waals surface area contributed by atoms with Gasteiger partial charge in [-0.3, -0.25) is 0 Å². The highest BCUT2D eigenvalue weighted by Crippen LogP contribution is 2.22. The lowest BCUT2D eigenvalue weighted by Crippen LogP contribution is -2.13. The molecule has 1 unspecified atom stereocenters. The first-order chi connectivity index (χ1) is 9.11. The van der Waals surface area contributed by atoms with E-state index in [0.717, 1.165) is 5.76 Å². The molecule has 19 heavy (non-hydrogen) atoms. The number of anilines is 2. The number of aromatic nitrogens is 1. The van der Waals surface area contributed by atoms with Gasteiger partial charge in [0.1, 0.15) is 17.1 Å². The Morgan fingerprint density at radius 2 is 2.37 bits per heavy atom. The number of carbonyl (C=O) groups is 1. The maximum Gasteiger partial charge on any atom is 0.341 e. The molecule has 0 aliphatic heterocycles. The van der Waals surface area contributed by atoms with Crippen molar-refractivity contribution >= 4 is 17.5 Å². The molecule has 0 aliphatic rings. The average molecular weight is 261 g/mol. The van der Waals surface area contributed by atoms with E-state index in [9.17, 15) is 4.79 Å². The predicted molar refractivity (Wildman–Crippen MR) is 70.7 cm³/mol. The molecule has 0 spiro atoms. The van der Waals surface area contributed by atoms with Crippen molar-refractivity contribution in [2.24, 2.45) is 0 Å². The maximum atomic E-state index is 11.7. The Balaban J connectivity index is 2.27. The molecule has 0 saturated carbocycles. The van der Waals surface area contributed by atoms with E-state index >= 15 is 0 Å². The van der Waals surface area contributed by atoms with Crippen LogP contribution in [-0.2, 0) is 4.74 Å². The number of pyridine rings is 1. The summed E-state index contributed by atoms with van der Waals surface area (Å²) in [6, 6.07) is 5.03. The third-order valence-electron chi connectivity index (χ3n) is 2.64. The van der Waals surface area contributed by atoms with Gasteiger partial charge >= 0.3 is 5.97 Å². The molecule has 6 nitrogen and oxygen atoms in total. The number of esters is 1. The summed E-state index contributed by atoms with van der Waals surface area (Å²) >= 11 is 0. The molecule has 100 valence electrons. The van der Waals surface area contributed by atoms with E-state index in [-0.39, 0.29) is 6.04 Å². The van der Waals surface area contributed by atoms with Crippen molar-refractivity contribution in [1.29, 1.82) is 0 Å². The fourth-order valence-corrected chi connectivity index (χ4v) is 1.68. The van der Waals surface area contributed by atoms with Gasteiger partial charge in [-0.2, -0.15) is 0 Å². The fraction of sp³-hybridized carbons (Fsp3) is 0.231. The highest BCUT2D eigenvalue weighted by atomic mass is 16.5. The number of nitrogen functional groups attached to an aromatic ring is 1. The van der Waals surface area contributed by atoms with Gasteiger partial charge in [-0.15, -0.1) is 0 Å². The predicted octanol–water partition coefficient (Wildman–Crippen LogP) is 2.22. The maximum absolute atomic E-state index is 11.7. The molecular weight excluding hydrogens is 246 g/mol. The van der Waals surface area contributed by atoms with E-state index in [4.69, 9.17) is 14.9 Å². The summed E-state index contributed by atoms with van der Waals surface area (Å²) < 4.78 is 9.99. The molecular formula is C13H15N3O3. The molecule has 2 heterocycles. The van der Waals surface area contributed by atoms with E-state index < -0.39 is 5.97 Å². The molecule has 0 amide bonds. The van der Waals surface area contributed by atoms with Gasteiger partial charge in [-0.05, 0) is 25.1 Å². The van der Waals surface area contributed by atoms with Gasteiger partial charge in [0.2, 0.25) is 0 Å². The average Bonchev–Trinajstić information content (AvgIpc) is 2.94. The van der Waals surface area contributed by atoms with Crippen molar-refractivity contribution in [2.45, 2.75) is 13.0 Å². The van der Waals surface area contributed by atoms with Gasteiger partial charge in [-0.25, -0.2) is 9.78 Å². The van der Waals surface area contributed by atoms with E-state index in [1.165, 1.54) is 19.4 Å². The van der Waals surface area contributed by atoms with E-state index in [1.807, 2.05) is 13.0 Å². The number of hydrogen-bond donors (Lipinski definition) is 2. The molecule has 6 heteroatoms. The summed E-state index contributed by atoms with van der Waals surface area (Å²) in [6.45, 7) is 1.90. The summed E-state index contributed by atoms with van der Waals surface area (Å²) in [7, 11) is 1.31. The zero-order valence-corrected chi connectivity index (χ0v) is 10.7. The molecule has 2 aromatic rings. The minimum Gasteiger partial charge on any atom is -0.467 e. The van der Waals surface area contributed by atoms with Gasteiger partial charge in [0.25, 0.3) is 0 Å². The molecule has 2 rings (SSSR count). The molecule has 0 bridgehead atoms. The quantitative estimate of drug-likeness (QED) is 0.820. The van der Waals surface area contributed by atoms with Crippen LogP contribution in [0.1, 0.15) is 29.1 Å². The van der Waals surface area contributed by atoms with Crippen molar-refractivity contribution in [3.05, 3.63) is 42.0 Å². The van der Waals surface area contributed by atoms with Crippen molar-refractivity contribution in [3.8, 4) is 0 Å². The second-order valence-corrected chi connectivity index (χ2v) is 4.04. The number of nitrogens with two attached hydrogens (primary N) is 1. The number of hydrogen-bond acceptors (Lipinski definition) is 6. The third-order valence-corrected chi connectivity index (χ3v) is 2.64. The number of methoxy groups -OCH3 is 1. The van der Waals surface area contributed by atoms with Crippen LogP contribution in [0, 0.1) is 0 Å². The standard InChI is InChI=1S/C13H15N3O3/c1-8(11-4-3-5-19-11)16-12-10(13(17)18-2)6-9(14)7-15-12/h3-8H,14H2,1-2H3,(H,15,16). The molecule has 0 fully saturated rings. The van der Waals surface area contributed by atoms with Crippen LogP contribution in [0.25, 0.3) is 0 Å². The highest BCUT2D eigenvalue weighted by molar-refractivity contribution is 5.95. The lowest BCUT2D eigenvalue weighted by Gasteiger charge is -2.14. The topological polar surface area (TPSA) is 90.4 Å². The molecule has 0 saturated heterocycles. The Morgan fingerprint density at radius 1 is 1.58 bits per heavy atom. The van der Waals surface area contributed by atoms with E-state index in [2.05, 4.69) is 10.3 Å². The van der Waals surface area contributed by atoms with Crippen molar-refractivity contribution in [2.75, 3.05) is 18.2 Å². The number of ether oxygens (including phenoxy) is 1. The van der Waals surface area contributed by atoms with Gasteiger partial charge < -0.3 is 20.2 Å². The number of rotatable bonds is 4.